The highest BCUT2D eigenvalue weighted by atomic mass is 32.2. The van der Waals surface area contributed by atoms with Crippen LogP contribution in [0.25, 0.3) is 10.8 Å². The Morgan fingerprint density at radius 1 is 1.14 bits per heavy atom. The molecule has 2 aromatic carbocycles. The summed E-state index contributed by atoms with van der Waals surface area (Å²) in [4.78, 5) is 0.209. The molecule has 3 aromatic rings. The summed E-state index contributed by atoms with van der Waals surface area (Å²) in [6.07, 6.45) is 1.40. The fourth-order valence-corrected chi connectivity index (χ4v) is 3.54. The highest BCUT2D eigenvalue weighted by molar-refractivity contribution is 7.93. The van der Waals surface area contributed by atoms with E-state index >= 15 is 0 Å². The van der Waals surface area contributed by atoms with Gasteiger partial charge in [-0.05, 0) is 11.5 Å². The second kappa shape index (κ2) is 4.78. The number of aryl methyl sites for hydroxylation is 1. The van der Waals surface area contributed by atoms with Gasteiger partial charge in [-0.15, -0.1) is 0 Å². The summed E-state index contributed by atoms with van der Waals surface area (Å²) in [5.74, 6) is 0.253. The van der Waals surface area contributed by atoms with Gasteiger partial charge >= 0.3 is 0 Å². The summed E-state index contributed by atoms with van der Waals surface area (Å²) >= 11 is 0. The fourth-order valence-electron chi connectivity index (χ4n) is 2.19. The van der Waals surface area contributed by atoms with Gasteiger partial charge in [-0.3, -0.25) is 9.40 Å². The van der Waals surface area contributed by atoms with Crippen LogP contribution in [0.4, 0.5) is 11.5 Å². The second-order valence-corrected chi connectivity index (χ2v) is 6.31. The minimum absolute atomic E-state index is 0.209. The smallest absolute Gasteiger partial charge is 0.263 e. The SMILES string of the molecule is Cn1ncc(N)c1NS(=O)(=O)c1cccc2ccccc12. The standard InChI is InChI=1S/C14H14N4O2S/c1-18-14(12(15)9-16-18)17-21(19,20)13-8-4-6-10-5-2-3-7-11(10)13/h2-9,17H,15H2,1H3. The van der Waals surface area contributed by atoms with E-state index in [2.05, 4.69) is 9.82 Å². The van der Waals surface area contributed by atoms with Crippen molar-refractivity contribution in [2.45, 2.75) is 4.90 Å². The molecule has 0 spiro atoms. The lowest BCUT2D eigenvalue weighted by atomic mass is 10.1. The Hall–Kier alpha value is -2.54. The first kappa shape index (κ1) is 13.4. The maximum atomic E-state index is 12.6. The van der Waals surface area contributed by atoms with Crippen LogP contribution in [0, 0.1) is 0 Å². The average Bonchev–Trinajstić information content (AvgIpc) is 2.78. The number of sulfonamides is 1. The Labute approximate surface area is 122 Å². The van der Waals surface area contributed by atoms with Gasteiger partial charge in [-0.1, -0.05) is 36.4 Å². The molecule has 21 heavy (non-hydrogen) atoms. The molecule has 0 bridgehead atoms. The van der Waals surface area contributed by atoms with Gasteiger partial charge in [0.25, 0.3) is 10.0 Å². The van der Waals surface area contributed by atoms with Crippen LogP contribution in [0.2, 0.25) is 0 Å². The van der Waals surface area contributed by atoms with E-state index in [0.717, 1.165) is 5.39 Å². The van der Waals surface area contributed by atoms with Crippen molar-refractivity contribution < 1.29 is 8.42 Å². The molecule has 0 amide bonds. The number of nitrogen functional groups attached to an aromatic ring is 1. The number of benzene rings is 2. The third-order valence-corrected chi connectivity index (χ3v) is 4.63. The molecular formula is C14H14N4O2S. The van der Waals surface area contributed by atoms with E-state index in [1.54, 1.807) is 31.3 Å². The van der Waals surface area contributed by atoms with Gasteiger partial charge in [-0.25, -0.2) is 8.42 Å². The molecule has 7 heteroatoms. The quantitative estimate of drug-likeness (QED) is 0.774. The van der Waals surface area contributed by atoms with E-state index in [9.17, 15) is 8.42 Å². The van der Waals surface area contributed by atoms with Crippen molar-refractivity contribution in [3.05, 3.63) is 48.7 Å². The lowest BCUT2D eigenvalue weighted by Crippen LogP contribution is -2.16. The van der Waals surface area contributed by atoms with Crippen molar-refractivity contribution in [2.75, 3.05) is 10.5 Å². The average molecular weight is 302 g/mol. The van der Waals surface area contributed by atoms with E-state index in [4.69, 9.17) is 5.73 Å². The van der Waals surface area contributed by atoms with E-state index in [1.165, 1.54) is 10.9 Å². The normalized spacial score (nSPS) is 11.7. The molecule has 0 atom stereocenters. The zero-order valence-electron chi connectivity index (χ0n) is 11.3. The molecule has 3 N–H and O–H groups in total. The highest BCUT2D eigenvalue weighted by Gasteiger charge is 2.20. The lowest BCUT2D eigenvalue weighted by Gasteiger charge is -2.11. The number of nitrogens with one attached hydrogen (secondary N) is 1. The monoisotopic (exact) mass is 302 g/mol. The number of nitrogens with two attached hydrogens (primary N) is 1. The first-order chi connectivity index (χ1) is 9.99. The van der Waals surface area contributed by atoms with Crippen LogP contribution in [-0.4, -0.2) is 18.2 Å². The largest absolute Gasteiger partial charge is 0.394 e. The van der Waals surface area contributed by atoms with E-state index in [1.807, 2.05) is 18.2 Å². The summed E-state index contributed by atoms with van der Waals surface area (Å²) in [7, 11) is -2.12. The highest BCUT2D eigenvalue weighted by Crippen LogP contribution is 2.26. The summed E-state index contributed by atoms with van der Waals surface area (Å²) in [5, 5.41) is 5.44. The van der Waals surface area contributed by atoms with Crippen molar-refractivity contribution in [1.29, 1.82) is 0 Å². The molecular weight excluding hydrogens is 288 g/mol. The number of rotatable bonds is 3. The van der Waals surface area contributed by atoms with Gasteiger partial charge < -0.3 is 5.73 Å². The maximum Gasteiger partial charge on any atom is 0.263 e. The van der Waals surface area contributed by atoms with Crippen molar-refractivity contribution >= 4 is 32.3 Å². The number of anilines is 2. The first-order valence-electron chi connectivity index (χ1n) is 6.27. The first-order valence-corrected chi connectivity index (χ1v) is 7.75. The third-order valence-electron chi connectivity index (χ3n) is 3.24. The van der Waals surface area contributed by atoms with Crippen LogP contribution in [0.5, 0.6) is 0 Å². The molecule has 0 saturated heterocycles. The van der Waals surface area contributed by atoms with Gasteiger partial charge in [0, 0.05) is 12.4 Å². The molecule has 3 rings (SSSR count). The van der Waals surface area contributed by atoms with Crippen molar-refractivity contribution in [1.82, 2.24) is 9.78 Å². The van der Waals surface area contributed by atoms with Crippen LogP contribution in [0.1, 0.15) is 0 Å². The minimum Gasteiger partial charge on any atom is -0.394 e. The number of aromatic nitrogens is 2. The van der Waals surface area contributed by atoms with Gasteiger partial charge in [0.2, 0.25) is 0 Å². The zero-order valence-corrected chi connectivity index (χ0v) is 12.1. The van der Waals surface area contributed by atoms with Crippen LogP contribution in [0.15, 0.2) is 53.6 Å². The topological polar surface area (TPSA) is 90.0 Å². The molecule has 6 nitrogen and oxygen atoms in total. The Kier molecular flexibility index (Phi) is 3.06. The molecule has 0 fully saturated rings. The van der Waals surface area contributed by atoms with Gasteiger partial charge in [0.15, 0.2) is 5.82 Å². The predicted molar refractivity (Wildman–Crippen MR) is 82.4 cm³/mol. The summed E-state index contributed by atoms with van der Waals surface area (Å²) in [6.45, 7) is 0. The molecule has 0 radical (unpaired) electrons. The number of hydrogen-bond acceptors (Lipinski definition) is 4. The molecule has 0 aliphatic heterocycles. The number of nitrogens with zero attached hydrogens (tertiary/aromatic N) is 2. The Bertz CT molecular complexity index is 891. The zero-order chi connectivity index (χ0) is 15.0. The molecule has 1 aromatic heterocycles. The molecule has 0 aliphatic carbocycles. The minimum atomic E-state index is -3.75. The van der Waals surface area contributed by atoms with Crippen LogP contribution >= 0.6 is 0 Å². The molecule has 108 valence electrons. The predicted octanol–water partition coefficient (Wildman–Crippen LogP) is 1.96. The Morgan fingerprint density at radius 2 is 1.86 bits per heavy atom. The lowest BCUT2D eigenvalue weighted by molar-refractivity contribution is 0.601. The number of fused-ring (bicyclic) bond motifs is 1. The number of hydrogen-bond donors (Lipinski definition) is 2. The van der Waals surface area contributed by atoms with Crippen molar-refractivity contribution in [3.8, 4) is 0 Å². The van der Waals surface area contributed by atoms with E-state index in [-0.39, 0.29) is 16.4 Å². The Morgan fingerprint density at radius 3 is 2.57 bits per heavy atom. The summed E-state index contributed by atoms with van der Waals surface area (Å²) in [5.41, 5.74) is 6.01. The Balaban J connectivity index is 2.13. The molecule has 0 aliphatic rings. The second-order valence-electron chi connectivity index (χ2n) is 4.65. The van der Waals surface area contributed by atoms with Gasteiger partial charge in [0.1, 0.15) is 0 Å². The van der Waals surface area contributed by atoms with Gasteiger partial charge in [-0.2, -0.15) is 5.10 Å². The van der Waals surface area contributed by atoms with Crippen molar-refractivity contribution in [3.63, 3.8) is 0 Å². The third kappa shape index (κ3) is 2.31. The van der Waals surface area contributed by atoms with E-state index in [0.29, 0.717) is 5.39 Å². The van der Waals surface area contributed by atoms with Gasteiger partial charge in [0.05, 0.1) is 16.8 Å². The van der Waals surface area contributed by atoms with Crippen LogP contribution in [-0.2, 0) is 17.1 Å². The summed E-state index contributed by atoms with van der Waals surface area (Å²) in [6, 6.07) is 12.5. The fraction of sp³-hybridized carbons (Fsp3) is 0.0714. The molecule has 1 heterocycles. The molecule has 0 saturated carbocycles. The molecule has 0 unspecified atom stereocenters. The van der Waals surface area contributed by atoms with Crippen LogP contribution < -0.4 is 10.5 Å². The van der Waals surface area contributed by atoms with Crippen molar-refractivity contribution in [2.24, 2.45) is 7.05 Å². The van der Waals surface area contributed by atoms with E-state index < -0.39 is 10.0 Å². The van der Waals surface area contributed by atoms with Crippen LogP contribution in [0.3, 0.4) is 0 Å². The summed E-state index contributed by atoms with van der Waals surface area (Å²) < 4.78 is 29.1. The maximum absolute atomic E-state index is 12.6.